The molecule has 0 aliphatic heterocycles. The Kier molecular flexibility index (Phi) is 7.69. The van der Waals surface area contributed by atoms with Crippen LogP contribution in [0, 0.1) is 12.2 Å². The average molecular weight is 470 g/mol. The standard InChI is InChI=1S/C26H22N4O5/c1-32-24-16-22(10-11-23(24)25-17-27-18-33-25)30-35-13-12-34-29-21-9-5-6-19(14-21)15-26(31)28-20-7-3-2-4-8-20/h2-11,14,16-18,29-30H,15H2,1H3,(H,28,31). The number of para-hydroxylation sites is 1. The molecule has 0 bridgehead atoms. The summed E-state index contributed by atoms with van der Waals surface area (Å²) in [7, 11) is 1.56. The zero-order valence-corrected chi connectivity index (χ0v) is 18.8. The number of oxazole rings is 1. The van der Waals surface area contributed by atoms with Crippen molar-refractivity contribution in [2.24, 2.45) is 0 Å². The molecule has 9 heteroatoms. The molecule has 0 aliphatic rings. The number of nitrogens with one attached hydrogen (secondary N) is 3. The number of benzene rings is 3. The quantitative estimate of drug-likeness (QED) is 0.236. The van der Waals surface area contributed by atoms with Gasteiger partial charge in [0.05, 0.1) is 36.7 Å². The minimum Gasteiger partial charge on any atom is -0.496 e. The van der Waals surface area contributed by atoms with Crippen molar-refractivity contribution < 1.29 is 23.6 Å². The van der Waals surface area contributed by atoms with Gasteiger partial charge in [-0.15, -0.1) is 0 Å². The first-order valence-corrected chi connectivity index (χ1v) is 10.6. The van der Waals surface area contributed by atoms with Crippen LogP contribution in [0.1, 0.15) is 5.56 Å². The van der Waals surface area contributed by atoms with Crippen molar-refractivity contribution in [3.05, 3.63) is 91.0 Å². The van der Waals surface area contributed by atoms with E-state index in [1.54, 1.807) is 37.6 Å². The Hall–Kier alpha value is -5.10. The lowest BCUT2D eigenvalue weighted by molar-refractivity contribution is -0.115. The number of carbonyl (C=O) groups is 1. The number of nitrogens with zero attached hydrogens (tertiary/aromatic N) is 1. The molecule has 0 saturated heterocycles. The van der Waals surface area contributed by atoms with Crippen LogP contribution in [0.4, 0.5) is 17.1 Å². The Morgan fingerprint density at radius 3 is 2.37 bits per heavy atom. The van der Waals surface area contributed by atoms with Gasteiger partial charge in [-0.1, -0.05) is 30.3 Å². The Morgan fingerprint density at radius 2 is 1.66 bits per heavy atom. The van der Waals surface area contributed by atoms with Gasteiger partial charge in [-0.05, 0) is 42.0 Å². The number of hydrogen-bond donors (Lipinski definition) is 3. The highest BCUT2D eigenvalue weighted by Gasteiger charge is 2.10. The summed E-state index contributed by atoms with van der Waals surface area (Å²) in [6.07, 6.45) is 7.94. The van der Waals surface area contributed by atoms with Gasteiger partial charge in [0.1, 0.15) is 5.75 Å². The molecule has 35 heavy (non-hydrogen) atoms. The second kappa shape index (κ2) is 11.7. The van der Waals surface area contributed by atoms with Crippen molar-refractivity contribution in [3.63, 3.8) is 0 Å². The minimum absolute atomic E-state index is 0.112. The normalized spacial score (nSPS) is 9.86. The third-order valence-electron chi connectivity index (χ3n) is 4.73. The molecular formula is C26H22N4O5. The molecule has 0 spiro atoms. The summed E-state index contributed by atoms with van der Waals surface area (Å²) in [6, 6.07) is 21.9. The molecule has 0 aliphatic carbocycles. The fourth-order valence-corrected chi connectivity index (χ4v) is 3.17. The molecule has 4 aromatic rings. The van der Waals surface area contributed by atoms with E-state index in [4.69, 9.17) is 18.8 Å². The maximum absolute atomic E-state index is 12.2. The van der Waals surface area contributed by atoms with Gasteiger partial charge >= 0.3 is 0 Å². The molecule has 0 radical (unpaired) electrons. The van der Waals surface area contributed by atoms with E-state index in [9.17, 15) is 4.79 Å². The lowest BCUT2D eigenvalue weighted by Gasteiger charge is -2.09. The number of amides is 1. The van der Waals surface area contributed by atoms with Crippen molar-refractivity contribution in [1.82, 2.24) is 4.98 Å². The predicted octanol–water partition coefficient (Wildman–Crippen LogP) is 4.84. The van der Waals surface area contributed by atoms with Gasteiger partial charge in [0.25, 0.3) is 0 Å². The molecule has 1 aromatic heterocycles. The summed E-state index contributed by atoms with van der Waals surface area (Å²) in [5, 5.41) is 2.86. The first-order valence-electron chi connectivity index (χ1n) is 10.6. The SMILES string of the molecule is COc1cc(NOC#CONc2cccc(CC(=O)Nc3ccccc3)c2)ccc1-c1cnco1. The summed E-state index contributed by atoms with van der Waals surface area (Å²) in [5.41, 5.74) is 8.98. The Balaban J connectivity index is 1.23. The largest absolute Gasteiger partial charge is 0.496 e. The first-order chi connectivity index (χ1) is 17.2. The van der Waals surface area contributed by atoms with Crippen LogP contribution in [-0.4, -0.2) is 18.0 Å². The zero-order valence-electron chi connectivity index (χ0n) is 18.8. The molecule has 9 nitrogen and oxygen atoms in total. The van der Waals surface area contributed by atoms with Crippen molar-refractivity contribution in [2.45, 2.75) is 6.42 Å². The summed E-state index contributed by atoms with van der Waals surface area (Å²) in [6.45, 7) is 0. The summed E-state index contributed by atoms with van der Waals surface area (Å²) in [4.78, 5) is 26.4. The molecule has 176 valence electrons. The van der Waals surface area contributed by atoms with E-state index in [-0.39, 0.29) is 12.3 Å². The van der Waals surface area contributed by atoms with Gasteiger partial charge in [0, 0.05) is 11.8 Å². The highest BCUT2D eigenvalue weighted by molar-refractivity contribution is 5.92. The van der Waals surface area contributed by atoms with Crippen LogP contribution in [0.5, 0.6) is 5.75 Å². The van der Waals surface area contributed by atoms with Gasteiger partial charge < -0.3 is 24.1 Å². The average Bonchev–Trinajstić information content (AvgIpc) is 3.41. The fourth-order valence-electron chi connectivity index (χ4n) is 3.17. The van der Waals surface area contributed by atoms with Crippen LogP contribution < -0.4 is 21.0 Å². The van der Waals surface area contributed by atoms with Crippen LogP contribution >= 0.6 is 0 Å². The van der Waals surface area contributed by atoms with Gasteiger partial charge in [0.15, 0.2) is 24.4 Å². The van der Waals surface area contributed by atoms with Crippen LogP contribution in [0.15, 0.2) is 89.8 Å². The lowest BCUT2D eigenvalue weighted by Crippen LogP contribution is -2.14. The molecule has 0 unspecified atom stereocenters. The number of aromatic nitrogens is 1. The molecule has 4 rings (SSSR count). The van der Waals surface area contributed by atoms with E-state index >= 15 is 0 Å². The highest BCUT2D eigenvalue weighted by atomic mass is 16.7. The summed E-state index contributed by atoms with van der Waals surface area (Å²) < 4.78 is 10.7. The van der Waals surface area contributed by atoms with E-state index in [0.717, 1.165) is 16.8 Å². The number of methoxy groups -OCH3 is 1. The van der Waals surface area contributed by atoms with Crippen LogP contribution in [0.2, 0.25) is 0 Å². The molecule has 1 amide bonds. The maximum Gasteiger partial charge on any atom is 0.228 e. The molecule has 0 saturated carbocycles. The van der Waals surface area contributed by atoms with Crippen LogP contribution in [-0.2, 0) is 20.9 Å². The van der Waals surface area contributed by atoms with E-state index in [0.29, 0.717) is 22.9 Å². The molecule has 0 atom stereocenters. The van der Waals surface area contributed by atoms with E-state index in [1.165, 1.54) is 6.39 Å². The first kappa shape index (κ1) is 23.1. The van der Waals surface area contributed by atoms with E-state index in [2.05, 4.69) is 33.5 Å². The van der Waals surface area contributed by atoms with Crippen molar-refractivity contribution >= 4 is 23.0 Å². The van der Waals surface area contributed by atoms with Gasteiger partial charge in [-0.3, -0.25) is 4.79 Å². The van der Waals surface area contributed by atoms with Crippen LogP contribution in [0.3, 0.4) is 0 Å². The maximum atomic E-state index is 12.2. The minimum atomic E-state index is -0.112. The third kappa shape index (κ3) is 6.69. The number of ether oxygens (including phenoxy) is 1. The highest BCUT2D eigenvalue weighted by Crippen LogP contribution is 2.32. The zero-order chi connectivity index (χ0) is 24.3. The monoisotopic (exact) mass is 470 g/mol. The van der Waals surface area contributed by atoms with E-state index < -0.39 is 0 Å². The van der Waals surface area contributed by atoms with Gasteiger partial charge in [0.2, 0.25) is 5.91 Å². The molecule has 3 N–H and O–H groups in total. The fraction of sp³-hybridized carbons (Fsp3) is 0.0769. The topological polar surface area (TPSA) is 107 Å². The molecular weight excluding hydrogens is 448 g/mol. The van der Waals surface area contributed by atoms with E-state index in [1.807, 2.05) is 48.5 Å². The third-order valence-corrected chi connectivity index (χ3v) is 4.73. The number of rotatable bonds is 9. The second-order valence-corrected chi connectivity index (χ2v) is 7.18. The van der Waals surface area contributed by atoms with Crippen molar-refractivity contribution in [2.75, 3.05) is 23.4 Å². The van der Waals surface area contributed by atoms with Crippen molar-refractivity contribution in [1.29, 1.82) is 0 Å². The predicted molar refractivity (Wildman–Crippen MR) is 131 cm³/mol. The Morgan fingerprint density at radius 1 is 0.914 bits per heavy atom. The van der Waals surface area contributed by atoms with Gasteiger partial charge in [-0.25, -0.2) is 15.9 Å². The molecule has 3 aromatic carbocycles. The van der Waals surface area contributed by atoms with Crippen LogP contribution in [0.25, 0.3) is 11.3 Å². The Bertz CT molecular complexity index is 1310. The summed E-state index contributed by atoms with van der Waals surface area (Å²) >= 11 is 0. The number of anilines is 3. The van der Waals surface area contributed by atoms with Crippen molar-refractivity contribution in [3.8, 4) is 29.3 Å². The lowest BCUT2D eigenvalue weighted by atomic mass is 10.1. The smallest absolute Gasteiger partial charge is 0.228 e. The Labute approximate surface area is 202 Å². The number of hydrogen-bond acceptors (Lipinski definition) is 8. The van der Waals surface area contributed by atoms with Gasteiger partial charge in [-0.2, -0.15) is 0 Å². The molecule has 0 fully saturated rings. The second-order valence-electron chi connectivity index (χ2n) is 7.18. The summed E-state index contributed by atoms with van der Waals surface area (Å²) in [5.74, 6) is 1.06. The number of carbonyl (C=O) groups excluding carboxylic acids is 1. The molecule has 1 heterocycles.